The Labute approximate surface area is 102 Å². The molecule has 0 aliphatic carbocycles. The number of hydrogen-bond donors (Lipinski definition) is 1. The normalized spacial score (nSPS) is 16.3. The predicted octanol–water partition coefficient (Wildman–Crippen LogP) is 1.50. The van der Waals surface area contributed by atoms with Crippen LogP contribution in [-0.4, -0.2) is 23.0 Å². The molecule has 0 aliphatic heterocycles. The van der Waals surface area contributed by atoms with E-state index in [4.69, 9.17) is 0 Å². The molecule has 102 valence electrons. The van der Waals surface area contributed by atoms with Crippen molar-refractivity contribution in [1.29, 1.82) is 0 Å². The van der Waals surface area contributed by atoms with E-state index in [1.54, 1.807) is 0 Å². The Morgan fingerprint density at radius 3 is 2.33 bits per heavy atom. The molecule has 1 rings (SSSR count). The van der Waals surface area contributed by atoms with Crippen LogP contribution in [0.25, 0.3) is 0 Å². The van der Waals surface area contributed by atoms with Crippen LogP contribution in [0.2, 0.25) is 0 Å². The maximum Gasteiger partial charge on any atom is 0.416 e. The van der Waals surface area contributed by atoms with Gasteiger partial charge in [0.25, 0.3) is 0 Å². The third-order valence-electron chi connectivity index (χ3n) is 2.33. The Morgan fingerprint density at radius 1 is 1.33 bits per heavy atom. The summed E-state index contributed by atoms with van der Waals surface area (Å²) in [6, 6.07) is 3.78. The summed E-state index contributed by atoms with van der Waals surface area (Å²) in [6.07, 6.45) is -5.28. The van der Waals surface area contributed by atoms with Crippen LogP contribution in [0.3, 0.4) is 0 Å². The summed E-state index contributed by atoms with van der Waals surface area (Å²) in [7, 11) is -5.02. The van der Waals surface area contributed by atoms with Gasteiger partial charge in [0.1, 0.15) is 10.1 Å². The second kappa shape index (κ2) is 4.52. The molecule has 0 fully saturated rings. The van der Waals surface area contributed by atoms with Gasteiger partial charge in [-0.3, -0.25) is 0 Å². The number of halogens is 3. The van der Waals surface area contributed by atoms with Crippen molar-refractivity contribution in [3.63, 3.8) is 0 Å². The molecule has 0 saturated heterocycles. The number of aliphatic hydroxyl groups is 1. The molecule has 8 heteroatoms. The summed E-state index contributed by atoms with van der Waals surface area (Å²) < 4.78 is 69.3. The average molecular weight is 283 g/mol. The molecule has 0 aliphatic rings. The lowest BCUT2D eigenvalue weighted by Gasteiger charge is -2.26. The van der Waals surface area contributed by atoms with Gasteiger partial charge in [-0.1, -0.05) is 18.2 Å². The third kappa shape index (κ3) is 3.44. The fraction of sp³-hybridized carbons (Fsp3) is 0.400. The summed E-state index contributed by atoms with van der Waals surface area (Å²) in [6.45, 7) is 0.746. The highest BCUT2D eigenvalue weighted by atomic mass is 32.2. The summed E-state index contributed by atoms with van der Waals surface area (Å²) in [5.74, 6) is 0. The lowest BCUT2D eigenvalue weighted by molar-refractivity contribution is -0.137. The van der Waals surface area contributed by atoms with Crippen LogP contribution in [0, 0.1) is 0 Å². The highest BCUT2D eigenvalue weighted by molar-refractivity contribution is 7.86. The maximum absolute atomic E-state index is 12.4. The van der Waals surface area contributed by atoms with Crippen molar-refractivity contribution in [2.75, 3.05) is 0 Å². The molecule has 0 heterocycles. The van der Waals surface area contributed by atoms with Crippen molar-refractivity contribution >= 4 is 10.1 Å². The monoisotopic (exact) mass is 283 g/mol. The molecule has 0 bridgehead atoms. The van der Waals surface area contributed by atoms with Crippen molar-refractivity contribution in [2.24, 2.45) is 0 Å². The van der Waals surface area contributed by atoms with Crippen molar-refractivity contribution in [3.8, 4) is 0 Å². The van der Waals surface area contributed by atoms with Crippen molar-refractivity contribution in [2.45, 2.75) is 24.5 Å². The van der Waals surface area contributed by atoms with Gasteiger partial charge in [-0.2, -0.15) is 13.2 Å². The SMILES string of the molecule is CC(O)(Cc1cccc(C(F)(F)F)c1)S(=O)(=O)[O-]. The zero-order chi connectivity index (χ0) is 14.2. The van der Waals surface area contributed by atoms with Crippen molar-refractivity contribution < 1.29 is 31.2 Å². The maximum atomic E-state index is 12.4. The second-order valence-corrected chi connectivity index (χ2v) is 5.79. The summed E-state index contributed by atoms with van der Waals surface area (Å²) >= 11 is 0. The molecule has 0 aromatic heterocycles. The fourth-order valence-electron chi connectivity index (χ4n) is 1.32. The van der Waals surface area contributed by atoms with Crippen LogP contribution in [0.1, 0.15) is 18.1 Å². The number of rotatable bonds is 3. The van der Waals surface area contributed by atoms with Gasteiger partial charge in [0.15, 0.2) is 4.93 Å². The van der Waals surface area contributed by atoms with E-state index in [9.17, 15) is 31.2 Å². The summed E-state index contributed by atoms with van der Waals surface area (Å²) in [5, 5.41) is 9.42. The first-order valence-electron chi connectivity index (χ1n) is 4.77. The standard InChI is InChI=1S/C10H11F3O4S/c1-9(14,18(15,16)17)6-7-3-2-4-8(5-7)10(11,12)13/h2-5,14H,6H2,1H3,(H,15,16,17)/p-1. The Bertz CT molecular complexity index is 534. The van der Waals surface area contributed by atoms with Crippen molar-refractivity contribution in [1.82, 2.24) is 0 Å². The molecule has 1 atom stereocenters. The van der Waals surface area contributed by atoms with E-state index in [0.29, 0.717) is 6.07 Å². The van der Waals surface area contributed by atoms with E-state index in [1.807, 2.05) is 0 Å². The van der Waals surface area contributed by atoms with Crippen LogP contribution < -0.4 is 0 Å². The van der Waals surface area contributed by atoms with Crippen molar-refractivity contribution in [3.05, 3.63) is 35.4 Å². The third-order valence-corrected chi connectivity index (χ3v) is 3.55. The molecular weight excluding hydrogens is 273 g/mol. The van der Waals surface area contributed by atoms with Gasteiger partial charge in [-0.25, -0.2) is 8.42 Å². The largest absolute Gasteiger partial charge is 0.746 e. The van der Waals surface area contributed by atoms with E-state index in [2.05, 4.69) is 0 Å². The van der Waals surface area contributed by atoms with Crippen LogP contribution in [-0.2, 0) is 22.7 Å². The minimum absolute atomic E-state index is 0.0887. The molecule has 18 heavy (non-hydrogen) atoms. The lowest BCUT2D eigenvalue weighted by atomic mass is 10.1. The van der Waals surface area contributed by atoms with Gasteiger partial charge < -0.3 is 9.66 Å². The Balaban J connectivity index is 3.08. The molecular formula is C10H10F3O4S-. The highest BCUT2D eigenvalue weighted by Gasteiger charge is 2.32. The molecule has 0 amide bonds. The Morgan fingerprint density at radius 2 is 1.89 bits per heavy atom. The van der Waals surface area contributed by atoms with E-state index in [-0.39, 0.29) is 5.56 Å². The van der Waals surface area contributed by atoms with Gasteiger partial charge in [0.2, 0.25) is 0 Å². The zero-order valence-electron chi connectivity index (χ0n) is 9.23. The van der Waals surface area contributed by atoms with Gasteiger partial charge in [-0.15, -0.1) is 0 Å². The molecule has 1 aromatic carbocycles. The first-order chi connectivity index (χ1) is 7.93. The first-order valence-corrected chi connectivity index (χ1v) is 6.18. The number of hydrogen-bond acceptors (Lipinski definition) is 4. The van der Waals surface area contributed by atoms with E-state index < -0.39 is 33.2 Å². The van der Waals surface area contributed by atoms with E-state index in [0.717, 1.165) is 19.1 Å². The summed E-state index contributed by atoms with van der Waals surface area (Å²) in [5.41, 5.74) is -1.06. The minimum atomic E-state index is -5.02. The van der Waals surface area contributed by atoms with Crippen LogP contribution in [0.4, 0.5) is 13.2 Å². The summed E-state index contributed by atoms with van der Waals surface area (Å²) in [4.78, 5) is -2.64. The lowest BCUT2D eigenvalue weighted by Crippen LogP contribution is -2.37. The van der Waals surface area contributed by atoms with Gasteiger partial charge in [0.05, 0.1) is 5.56 Å². The Hall–Kier alpha value is -1.12. The Kier molecular flexibility index (Phi) is 3.75. The molecule has 0 radical (unpaired) electrons. The highest BCUT2D eigenvalue weighted by Crippen LogP contribution is 2.30. The minimum Gasteiger partial charge on any atom is -0.746 e. The van der Waals surface area contributed by atoms with Crippen LogP contribution in [0.15, 0.2) is 24.3 Å². The number of alkyl halides is 3. The quantitative estimate of drug-likeness (QED) is 0.853. The first kappa shape index (κ1) is 14.9. The molecule has 1 unspecified atom stereocenters. The molecule has 0 saturated carbocycles. The van der Waals surface area contributed by atoms with Crippen LogP contribution in [0.5, 0.6) is 0 Å². The van der Waals surface area contributed by atoms with Crippen LogP contribution >= 0.6 is 0 Å². The number of benzene rings is 1. The van der Waals surface area contributed by atoms with Gasteiger partial charge >= 0.3 is 6.18 Å². The zero-order valence-corrected chi connectivity index (χ0v) is 10.0. The molecule has 4 nitrogen and oxygen atoms in total. The topological polar surface area (TPSA) is 77.4 Å². The van der Waals surface area contributed by atoms with Gasteiger partial charge in [0, 0.05) is 6.42 Å². The van der Waals surface area contributed by atoms with Gasteiger partial charge in [-0.05, 0) is 18.6 Å². The molecule has 1 aromatic rings. The molecule has 1 N–H and O–H groups in total. The average Bonchev–Trinajstić information content (AvgIpc) is 2.14. The fourth-order valence-corrected chi connectivity index (χ4v) is 1.67. The smallest absolute Gasteiger partial charge is 0.416 e. The van der Waals surface area contributed by atoms with E-state index >= 15 is 0 Å². The van der Waals surface area contributed by atoms with E-state index in [1.165, 1.54) is 6.07 Å². The second-order valence-electron chi connectivity index (χ2n) is 4.00. The predicted molar refractivity (Wildman–Crippen MR) is 55.5 cm³/mol. The molecule has 0 spiro atoms.